The molecule has 2 rings (SSSR count). The summed E-state index contributed by atoms with van der Waals surface area (Å²) in [6, 6.07) is 8.97. The van der Waals surface area contributed by atoms with E-state index in [1.54, 1.807) is 19.1 Å². The van der Waals surface area contributed by atoms with E-state index in [0.29, 0.717) is 11.3 Å². The van der Waals surface area contributed by atoms with E-state index < -0.39 is 10.0 Å². The van der Waals surface area contributed by atoms with Crippen LogP contribution in [0.2, 0.25) is 0 Å². The molecule has 0 heterocycles. The van der Waals surface area contributed by atoms with Gasteiger partial charge in [0, 0.05) is 4.90 Å². The highest BCUT2D eigenvalue weighted by atomic mass is 32.2. The summed E-state index contributed by atoms with van der Waals surface area (Å²) >= 11 is 1.06. The van der Waals surface area contributed by atoms with E-state index in [0.717, 1.165) is 33.3 Å². The van der Waals surface area contributed by atoms with Crippen molar-refractivity contribution < 1.29 is 8.42 Å². The predicted molar refractivity (Wildman–Crippen MR) is 94.1 cm³/mol. The summed E-state index contributed by atoms with van der Waals surface area (Å²) in [5.74, 6) is 0. The third-order valence-corrected chi connectivity index (χ3v) is 5.59. The fourth-order valence-corrected chi connectivity index (χ4v) is 4.49. The molecule has 1 N–H and O–H groups in total. The van der Waals surface area contributed by atoms with Crippen molar-refractivity contribution in [2.75, 3.05) is 4.72 Å². The lowest BCUT2D eigenvalue weighted by molar-refractivity contribution is 0.600. The van der Waals surface area contributed by atoms with Crippen molar-refractivity contribution in [1.29, 1.82) is 5.26 Å². The zero-order chi connectivity index (χ0) is 17.2. The van der Waals surface area contributed by atoms with Crippen LogP contribution in [0.3, 0.4) is 0 Å². The van der Waals surface area contributed by atoms with Crippen LogP contribution in [-0.4, -0.2) is 8.42 Å². The molecule has 2 aromatic carbocycles. The third-order valence-electron chi connectivity index (χ3n) is 3.54. The van der Waals surface area contributed by atoms with Crippen LogP contribution < -0.4 is 4.72 Å². The van der Waals surface area contributed by atoms with Crippen LogP contribution in [0, 0.1) is 38.4 Å². The van der Waals surface area contributed by atoms with Crippen molar-refractivity contribution in [1.82, 2.24) is 0 Å². The summed E-state index contributed by atoms with van der Waals surface area (Å²) in [4.78, 5) is 1.09. The fourth-order valence-electron chi connectivity index (χ4n) is 2.38. The Labute approximate surface area is 141 Å². The van der Waals surface area contributed by atoms with Gasteiger partial charge in [0.05, 0.1) is 10.6 Å². The third kappa shape index (κ3) is 3.87. The molecule has 6 heteroatoms. The quantitative estimate of drug-likeness (QED) is 0.662. The second-order valence-electron chi connectivity index (χ2n) is 5.50. The molecule has 0 aliphatic rings. The molecule has 0 spiro atoms. The summed E-state index contributed by atoms with van der Waals surface area (Å²) in [6.45, 7) is 7.30. The number of rotatable bonds is 4. The fraction of sp³-hybridized carbons (Fsp3) is 0.235. The largest absolute Gasteiger partial charge is 0.279 e. The Kier molecular flexibility index (Phi) is 5.03. The molecular formula is C17H18N2O2S2. The number of sulfonamides is 1. The number of aryl methyl sites for hydroxylation is 4. The Bertz CT molecular complexity index is 874. The van der Waals surface area contributed by atoms with Gasteiger partial charge in [0.2, 0.25) is 0 Å². The number of nitrogens with one attached hydrogen (secondary N) is 1. The van der Waals surface area contributed by atoms with E-state index in [9.17, 15) is 8.42 Å². The van der Waals surface area contributed by atoms with Crippen LogP contribution in [0.15, 0.2) is 40.1 Å². The number of thioether (sulfide) groups is 1. The number of hydrogen-bond donors (Lipinski definition) is 1. The van der Waals surface area contributed by atoms with Crippen molar-refractivity contribution in [3.63, 3.8) is 0 Å². The molecular weight excluding hydrogens is 328 g/mol. The van der Waals surface area contributed by atoms with E-state index in [2.05, 4.69) is 4.72 Å². The van der Waals surface area contributed by atoms with Gasteiger partial charge < -0.3 is 0 Å². The molecule has 0 fully saturated rings. The molecule has 2 aromatic rings. The highest BCUT2D eigenvalue weighted by Gasteiger charge is 2.19. The second-order valence-corrected chi connectivity index (χ2v) is 8.01. The average Bonchev–Trinajstić information content (AvgIpc) is 2.46. The van der Waals surface area contributed by atoms with E-state index >= 15 is 0 Å². The Morgan fingerprint density at radius 2 is 1.61 bits per heavy atom. The van der Waals surface area contributed by atoms with Crippen LogP contribution in [0.4, 0.5) is 5.69 Å². The highest BCUT2D eigenvalue weighted by molar-refractivity contribution is 8.03. The van der Waals surface area contributed by atoms with Gasteiger partial charge in [-0.2, -0.15) is 5.26 Å². The van der Waals surface area contributed by atoms with Crippen LogP contribution >= 0.6 is 11.8 Å². The number of nitrogens with zero attached hydrogens (tertiary/aromatic N) is 1. The first-order valence-corrected chi connectivity index (χ1v) is 9.32. The summed E-state index contributed by atoms with van der Waals surface area (Å²) in [6.07, 6.45) is 0. The minimum atomic E-state index is -3.66. The second kappa shape index (κ2) is 6.65. The van der Waals surface area contributed by atoms with Gasteiger partial charge in [0.25, 0.3) is 10.0 Å². The van der Waals surface area contributed by atoms with Gasteiger partial charge in [-0.3, -0.25) is 4.72 Å². The molecule has 0 saturated carbocycles. The van der Waals surface area contributed by atoms with Crippen LogP contribution in [0.5, 0.6) is 0 Å². The van der Waals surface area contributed by atoms with Gasteiger partial charge in [0.1, 0.15) is 5.40 Å². The molecule has 0 radical (unpaired) electrons. The Morgan fingerprint density at radius 3 is 2.17 bits per heavy atom. The van der Waals surface area contributed by atoms with Crippen molar-refractivity contribution in [3.05, 3.63) is 52.6 Å². The van der Waals surface area contributed by atoms with E-state index in [-0.39, 0.29) is 4.90 Å². The van der Waals surface area contributed by atoms with E-state index in [1.807, 2.05) is 44.4 Å². The summed E-state index contributed by atoms with van der Waals surface area (Å²) in [5, 5.41) is 10.8. The summed E-state index contributed by atoms with van der Waals surface area (Å²) in [7, 11) is -3.66. The lowest BCUT2D eigenvalue weighted by Gasteiger charge is -2.16. The smallest absolute Gasteiger partial charge is 0.262 e. The standard InChI is InChI=1S/C17H18N2O2S2/c1-11-5-6-12(2)16(7-11)23(20,21)19-17-13(3)8-15(22-10-18)9-14(17)4/h5-9,19H,1-4H3. The Morgan fingerprint density at radius 1 is 1.00 bits per heavy atom. The lowest BCUT2D eigenvalue weighted by Crippen LogP contribution is -2.16. The Balaban J connectivity index is 2.46. The summed E-state index contributed by atoms with van der Waals surface area (Å²) in [5.41, 5.74) is 3.74. The van der Waals surface area contributed by atoms with Gasteiger partial charge in [-0.15, -0.1) is 0 Å². The maximum atomic E-state index is 12.7. The van der Waals surface area contributed by atoms with Gasteiger partial charge in [0.15, 0.2) is 0 Å². The zero-order valence-corrected chi connectivity index (χ0v) is 15.1. The van der Waals surface area contributed by atoms with Gasteiger partial charge in [-0.1, -0.05) is 12.1 Å². The molecule has 0 aliphatic heterocycles. The molecule has 120 valence electrons. The van der Waals surface area contributed by atoms with Crippen LogP contribution in [0.1, 0.15) is 22.3 Å². The molecule has 0 saturated heterocycles. The topological polar surface area (TPSA) is 70.0 Å². The maximum Gasteiger partial charge on any atom is 0.262 e. The first-order valence-electron chi connectivity index (χ1n) is 7.02. The summed E-state index contributed by atoms with van der Waals surface area (Å²) < 4.78 is 28.1. The van der Waals surface area contributed by atoms with Crippen LogP contribution in [0.25, 0.3) is 0 Å². The molecule has 0 bridgehead atoms. The molecule has 0 atom stereocenters. The number of anilines is 1. The number of thiocyanates is 1. The van der Waals surface area contributed by atoms with Crippen molar-refractivity contribution in [2.45, 2.75) is 37.5 Å². The molecule has 0 unspecified atom stereocenters. The van der Waals surface area contributed by atoms with Gasteiger partial charge in [-0.25, -0.2) is 8.42 Å². The van der Waals surface area contributed by atoms with Crippen molar-refractivity contribution in [2.24, 2.45) is 0 Å². The van der Waals surface area contributed by atoms with Gasteiger partial charge >= 0.3 is 0 Å². The first kappa shape index (κ1) is 17.4. The van der Waals surface area contributed by atoms with Crippen LogP contribution in [-0.2, 0) is 10.0 Å². The zero-order valence-electron chi connectivity index (χ0n) is 13.5. The number of benzene rings is 2. The average molecular weight is 346 g/mol. The highest BCUT2D eigenvalue weighted by Crippen LogP contribution is 2.30. The molecule has 23 heavy (non-hydrogen) atoms. The lowest BCUT2D eigenvalue weighted by atomic mass is 10.1. The van der Waals surface area contributed by atoms with E-state index in [4.69, 9.17) is 5.26 Å². The Hall–Kier alpha value is -1.97. The molecule has 0 aliphatic carbocycles. The SMILES string of the molecule is Cc1ccc(C)c(S(=O)(=O)Nc2c(C)cc(SC#N)cc2C)c1. The maximum absolute atomic E-state index is 12.7. The van der Waals surface area contributed by atoms with E-state index in [1.165, 1.54) is 0 Å². The predicted octanol–water partition coefficient (Wildman–Crippen LogP) is 4.29. The molecule has 0 aromatic heterocycles. The molecule has 0 amide bonds. The van der Waals surface area contributed by atoms with Crippen molar-refractivity contribution >= 4 is 27.5 Å². The van der Waals surface area contributed by atoms with Gasteiger partial charge in [-0.05, 0) is 79.9 Å². The molecule has 4 nitrogen and oxygen atoms in total. The normalized spacial score (nSPS) is 11.1. The minimum Gasteiger partial charge on any atom is -0.279 e. The van der Waals surface area contributed by atoms with Crippen molar-refractivity contribution in [3.8, 4) is 5.40 Å². The minimum absolute atomic E-state index is 0.284. The number of nitriles is 1. The number of hydrogen-bond acceptors (Lipinski definition) is 4. The monoisotopic (exact) mass is 346 g/mol. The first-order chi connectivity index (χ1) is 10.7.